The van der Waals surface area contributed by atoms with Crippen molar-refractivity contribution >= 4 is 11.8 Å². The summed E-state index contributed by atoms with van der Waals surface area (Å²) in [7, 11) is 0. The second-order valence-corrected chi connectivity index (χ2v) is 5.01. The quantitative estimate of drug-likeness (QED) is 0.568. The first-order valence-corrected chi connectivity index (χ1v) is 6.16. The molecule has 0 aromatic heterocycles. The molecule has 0 aromatic carbocycles. The number of β-amino-alcohol motifs (C(OH)–C–C–N with tert-alkyl or cyclic N) is 1. The summed E-state index contributed by atoms with van der Waals surface area (Å²) in [4.78, 5) is 24.2. The van der Waals surface area contributed by atoms with Gasteiger partial charge in [-0.1, -0.05) is 25.7 Å². The van der Waals surface area contributed by atoms with Crippen molar-refractivity contribution in [3.8, 4) is 0 Å². The lowest BCUT2D eigenvalue weighted by atomic mass is 9.94. The molecule has 2 fully saturated rings. The number of hydrogen-bond acceptors (Lipinski definition) is 3. The van der Waals surface area contributed by atoms with Crippen molar-refractivity contribution in [1.82, 2.24) is 4.90 Å². The Bertz CT molecular complexity index is 277. The zero-order chi connectivity index (χ0) is 11.6. The lowest BCUT2D eigenvalue weighted by molar-refractivity contribution is -0.143. The minimum Gasteiger partial charge on any atom is -0.388 e. The molecule has 16 heavy (non-hydrogen) atoms. The normalized spacial score (nSPS) is 25.9. The Balaban J connectivity index is 2.01. The topological polar surface area (TPSA) is 57.6 Å². The fourth-order valence-electron chi connectivity index (χ4n) is 2.64. The molecule has 1 heterocycles. The number of nitrogens with zero attached hydrogens (tertiary/aromatic N) is 1. The van der Waals surface area contributed by atoms with E-state index in [1.54, 1.807) is 0 Å². The highest BCUT2D eigenvalue weighted by atomic mass is 16.3. The number of carbonyl (C=O) groups excluding carboxylic acids is 2. The van der Waals surface area contributed by atoms with Gasteiger partial charge in [0.15, 0.2) is 0 Å². The van der Waals surface area contributed by atoms with Crippen LogP contribution >= 0.6 is 0 Å². The van der Waals surface area contributed by atoms with E-state index in [0.717, 1.165) is 25.7 Å². The number of amides is 2. The van der Waals surface area contributed by atoms with Crippen LogP contribution in [-0.4, -0.2) is 34.0 Å². The zero-order valence-electron chi connectivity index (χ0n) is 9.57. The van der Waals surface area contributed by atoms with Gasteiger partial charge >= 0.3 is 0 Å². The molecule has 0 bridgehead atoms. The number of imide groups is 1. The minimum absolute atomic E-state index is 0.123. The van der Waals surface area contributed by atoms with Crippen LogP contribution in [0.15, 0.2) is 0 Å². The molecule has 1 saturated heterocycles. The summed E-state index contributed by atoms with van der Waals surface area (Å²) in [6.45, 7) is 0.213. The molecule has 0 spiro atoms. The first-order valence-electron chi connectivity index (χ1n) is 6.16. The molecule has 1 aliphatic heterocycles. The Morgan fingerprint density at radius 3 is 2.00 bits per heavy atom. The fourth-order valence-corrected chi connectivity index (χ4v) is 2.64. The number of likely N-dealkylation sites (tertiary alicyclic amines) is 1. The van der Waals surface area contributed by atoms with Crippen LogP contribution < -0.4 is 0 Å². The van der Waals surface area contributed by atoms with Crippen LogP contribution in [0, 0.1) is 0 Å². The van der Waals surface area contributed by atoms with Crippen LogP contribution in [0.3, 0.4) is 0 Å². The molecular weight excluding hydrogens is 206 g/mol. The molecule has 0 radical (unpaired) electrons. The summed E-state index contributed by atoms with van der Waals surface area (Å²) >= 11 is 0. The molecule has 4 heteroatoms. The van der Waals surface area contributed by atoms with E-state index >= 15 is 0 Å². The third-order valence-electron chi connectivity index (χ3n) is 3.64. The standard InChI is InChI=1S/C12H19NO3/c14-10-5-6-11(15)13(10)9-12(16)7-3-1-2-4-8-12/h16H,1-9H2. The van der Waals surface area contributed by atoms with Gasteiger partial charge in [-0.15, -0.1) is 0 Å². The maximum absolute atomic E-state index is 11.5. The van der Waals surface area contributed by atoms with Crippen molar-refractivity contribution in [3.63, 3.8) is 0 Å². The van der Waals surface area contributed by atoms with E-state index in [0.29, 0.717) is 25.7 Å². The smallest absolute Gasteiger partial charge is 0.229 e. The number of carbonyl (C=O) groups is 2. The van der Waals surface area contributed by atoms with Gasteiger partial charge in [-0.05, 0) is 12.8 Å². The lowest BCUT2D eigenvalue weighted by Gasteiger charge is -2.30. The number of aliphatic hydroxyl groups is 1. The number of rotatable bonds is 2. The van der Waals surface area contributed by atoms with Crippen molar-refractivity contribution < 1.29 is 14.7 Å². The minimum atomic E-state index is -0.827. The maximum atomic E-state index is 11.5. The van der Waals surface area contributed by atoms with Crippen LogP contribution in [0.5, 0.6) is 0 Å². The van der Waals surface area contributed by atoms with Crippen LogP contribution in [0.1, 0.15) is 51.4 Å². The molecule has 1 aliphatic carbocycles. The molecule has 2 amide bonds. The van der Waals surface area contributed by atoms with Crippen LogP contribution in [-0.2, 0) is 9.59 Å². The molecule has 1 saturated carbocycles. The van der Waals surface area contributed by atoms with Gasteiger partial charge in [0.2, 0.25) is 11.8 Å². The Morgan fingerprint density at radius 1 is 1.00 bits per heavy atom. The van der Waals surface area contributed by atoms with Gasteiger partial charge < -0.3 is 5.11 Å². The molecule has 2 rings (SSSR count). The molecular formula is C12H19NO3. The van der Waals surface area contributed by atoms with Gasteiger partial charge in [0.1, 0.15) is 0 Å². The molecule has 2 aliphatic rings. The van der Waals surface area contributed by atoms with E-state index in [2.05, 4.69) is 0 Å². The lowest BCUT2D eigenvalue weighted by Crippen LogP contribution is -2.45. The van der Waals surface area contributed by atoms with Gasteiger partial charge in [-0.3, -0.25) is 14.5 Å². The third-order valence-corrected chi connectivity index (χ3v) is 3.64. The van der Waals surface area contributed by atoms with Gasteiger partial charge in [-0.25, -0.2) is 0 Å². The van der Waals surface area contributed by atoms with E-state index < -0.39 is 5.60 Å². The van der Waals surface area contributed by atoms with Gasteiger partial charge in [0.05, 0.1) is 12.1 Å². The van der Waals surface area contributed by atoms with Crippen molar-refractivity contribution in [2.24, 2.45) is 0 Å². The van der Waals surface area contributed by atoms with E-state index in [9.17, 15) is 14.7 Å². The average molecular weight is 225 g/mol. The first-order chi connectivity index (χ1) is 7.61. The molecule has 0 unspecified atom stereocenters. The van der Waals surface area contributed by atoms with E-state index in [1.165, 1.54) is 4.90 Å². The Morgan fingerprint density at radius 2 is 1.50 bits per heavy atom. The highest BCUT2D eigenvalue weighted by Gasteiger charge is 2.37. The van der Waals surface area contributed by atoms with Crippen molar-refractivity contribution in [2.45, 2.75) is 57.0 Å². The third kappa shape index (κ3) is 2.43. The SMILES string of the molecule is O=C1CCC(=O)N1CC1(O)CCCCCC1. The summed E-state index contributed by atoms with van der Waals surface area (Å²) in [6, 6.07) is 0. The molecule has 4 nitrogen and oxygen atoms in total. The summed E-state index contributed by atoms with van der Waals surface area (Å²) in [5.74, 6) is -0.245. The first kappa shape index (κ1) is 11.6. The van der Waals surface area contributed by atoms with Gasteiger partial charge in [-0.2, -0.15) is 0 Å². The zero-order valence-corrected chi connectivity index (χ0v) is 9.57. The highest BCUT2D eigenvalue weighted by molar-refractivity contribution is 6.01. The van der Waals surface area contributed by atoms with Crippen molar-refractivity contribution in [2.75, 3.05) is 6.54 Å². The Labute approximate surface area is 95.6 Å². The Hall–Kier alpha value is -0.900. The summed E-state index contributed by atoms with van der Waals surface area (Å²) in [5, 5.41) is 10.4. The van der Waals surface area contributed by atoms with E-state index in [1.807, 2.05) is 0 Å². The Kier molecular flexibility index (Phi) is 3.28. The predicted molar refractivity (Wildman–Crippen MR) is 58.6 cm³/mol. The van der Waals surface area contributed by atoms with Crippen molar-refractivity contribution in [1.29, 1.82) is 0 Å². The summed E-state index contributed by atoms with van der Waals surface area (Å²) in [5.41, 5.74) is -0.827. The second kappa shape index (κ2) is 4.53. The van der Waals surface area contributed by atoms with Gasteiger partial charge in [0, 0.05) is 12.8 Å². The fraction of sp³-hybridized carbons (Fsp3) is 0.833. The number of hydrogen-bond donors (Lipinski definition) is 1. The summed E-state index contributed by atoms with van der Waals surface area (Å²) < 4.78 is 0. The molecule has 0 aromatic rings. The second-order valence-electron chi connectivity index (χ2n) is 5.01. The van der Waals surface area contributed by atoms with Crippen LogP contribution in [0.2, 0.25) is 0 Å². The van der Waals surface area contributed by atoms with Crippen LogP contribution in [0.4, 0.5) is 0 Å². The van der Waals surface area contributed by atoms with Crippen LogP contribution in [0.25, 0.3) is 0 Å². The monoisotopic (exact) mass is 225 g/mol. The van der Waals surface area contributed by atoms with E-state index in [4.69, 9.17) is 0 Å². The summed E-state index contributed by atoms with van der Waals surface area (Å²) in [6.07, 6.45) is 6.33. The van der Waals surface area contributed by atoms with E-state index in [-0.39, 0.29) is 18.4 Å². The maximum Gasteiger partial charge on any atom is 0.229 e. The van der Waals surface area contributed by atoms with Crippen molar-refractivity contribution in [3.05, 3.63) is 0 Å². The highest BCUT2D eigenvalue weighted by Crippen LogP contribution is 2.29. The molecule has 1 N–H and O–H groups in total. The average Bonchev–Trinajstić information content (AvgIpc) is 2.47. The molecule has 0 atom stereocenters. The largest absolute Gasteiger partial charge is 0.388 e. The van der Waals surface area contributed by atoms with Gasteiger partial charge in [0.25, 0.3) is 0 Å². The molecule has 90 valence electrons. The predicted octanol–water partition coefficient (Wildman–Crippen LogP) is 1.22.